The Morgan fingerprint density at radius 2 is 1.68 bits per heavy atom. The Balaban J connectivity index is 1.57. The van der Waals surface area contributed by atoms with Gasteiger partial charge in [0, 0.05) is 24.2 Å². The van der Waals surface area contributed by atoms with Crippen LogP contribution in [-0.4, -0.2) is 31.1 Å². The number of amides is 1. The average Bonchev–Trinajstić information content (AvgIpc) is 3.11. The van der Waals surface area contributed by atoms with E-state index in [4.69, 9.17) is 22.1 Å². The maximum atomic E-state index is 11.5. The Bertz CT molecular complexity index is 609. The Morgan fingerprint density at radius 1 is 1.08 bits per heavy atom. The van der Waals surface area contributed by atoms with Crippen LogP contribution >= 0.6 is 11.6 Å². The standard InChI is InChI=1S/C19H28ClN3O2/c1-25-18-11-17(16(20)10-15(18)19(21)24)23-14-8-6-13(7-9-14)22-12-4-2-3-5-12/h10-14,22-23H,2-9H2,1H3,(H2,21,24)/t13-,14-. The fourth-order valence-electron chi connectivity index (χ4n) is 4.08. The summed E-state index contributed by atoms with van der Waals surface area (Å²) in [4.78, 5) is 11.5. The molecule has 4 N–H and O–H groups in total. The van der Waals surface area contributed by atoms with Crippen molar-refractivity contribution >= 4 is 23.2 Å². The van der Waals surface area contributed by atoms with Crippen molar-refractivity contribution in [3.63, 3.8) is 0 Å². The van der Waals surface area contributed by atoms with Crippen molar-refractivity contribution in [1.29, 1.82) is 0 Å². The number of methoxy groups -OCH3 is 1. The molecule has 0 unspecified atom stereocenters. The molecule has 6 heteroatoms. The molecule has 25 heavy (non-hydrogen) atoms. The van der Waals surface area contributed by atoms with E-state index in [0.717, 1.165) is 24.6 Å². The van der Waals surface area contributed by atoms with Crippen LogP contribution in [0.1, 0.15) is 61.7 Å². The number of hydrogen-bond acceptors (Lipinski definition) is 4. The van der Waals surface area contributed by atoms with Gasteiger partial charge < -0.3 is 21.1 Å². The second-order valence-electron chi connectivity index (χ2n) is 7.24. The topological polar surface area (TPSA) is 76.4 Å². The lowest BCUT2D eigenvalue weighted by Crippen LogP contribution is -2.41. The lowest BCUT2D eigenvalue weighted by molar-refractivity contribution is 0.0997. The van der Waals surface area contributed by atoms with Crippen LogP contribution < -0.4 is 21.1 Å². The molecule has 3 rings (SSSR count). The number of ether oxygens (including phenoxy) is 1. The maximum absolute atomic E-state index is 11.5. The number of benzene rings is 1. The third kappa shape index (κ3) is 4.59. The summed E-state index contributed by atoms with van der Waals surface area (Å²) >= 11 is 6.33. The first-order chi connectivity index (χ1) is 12.1. The first-order valence-electron chi connectivity index (χ1n) is 9.26. The van der Waals surface area contributed by atoms with Gasteiger partial charge >= 0.3 is 0 Å². The lowest BCUT2D eigenvalue weighted by Gasteiger charge is -2.32. The summed E-state index contributed by atoms with van der Waals surface area (Å²) in [5.41, 5.74) is 6.48. The second kappa shape index (κ2) is 8.28. The van der Waals surface area contributed by atoms with Crippen LogP contribution in [0.15, 0.2) is 12.1 Å². The van der Waals surface area contributed by atoms with Gasteiger partial charge in [0.2, 0.25) is 0 Å². The van der Waals surface area contributed by atoms with Gasteiger partial charge in [-0.25, -0.2) is 0 Å². The predicted octanol–water partition coefficient (Wildman–Crippen LogP) is 3.70. The minimum atomic E-state index is -0.538. The fraction of sp³-hybridized carbons (Fsp3) is 0.632. The third-order valence-electron chi connectivity index (χ3n) is 5.47. The van der Waals surface area contributed by atoms with Gasteiger partial charge in [0.25, 0.3) is 5.91 Å². The van der Waals surface area contributed by atoms with Crippen LogP contribution in [0.2, 0.25) is 5.02 Å². The van der Waals surface area contributed by atoms with E-state index in [1.54, 1.807) is 12.1 Å². The van der Waals surface area contributed by atoms with E-state index in [0.29, 0.717) is 28.4 Å². The molecule has 0 saturated heterocycles. The summed E-state index contributed by atoms with van der Waals surface area (Å²) in [6, 6.07) is 5.12. The van der Waals surface area contributed by atoms with Crippen molar-refractivity contribution < 1.29 is 9.53 Å². The Kier molecular flexibility index (Phi) is 6.07. The first-order valence-corrected chi connectivity index (χ1v) is 9.64. The summed E-state index contributed by atoms with van der Waals surface area (Å²) in [7, 11) is 1.53. The van der Waals surface area contributed by atoms with Gasteiger partial charge in [-0.15, -0.1) is 0 Å². The zero-order valence-electron chi connectivity index (χ0n) is 14.8. The van der Waals surface area contributed by atoms with E-state index >= 15 is 0 Å². The molecule has 0 atom stereocenters. The molecular formula is C19H28ClN3O2. The van der Waals surface area contributed by atoms with E-state index in [1.807, 2.05) is 0 Å². The zero-order chi connectivity index (χ0) is 17.8. The molecule has 1 aromatic rings. The molecular weight excluding hydrogens is 338 g/mol. The molecule has 2 saturated carbocycles. The average molecular weight is 366 g/mol. The number of primary amides is 1. The highest BCUT2D eigenvalue weighted by molar-refractivity contribution is 6.33. The number of carbonyl (C=O) groups is 1. The summed E-state index contributed by atoms with van der Waals surface area (Å²) in [6.07, 6.45) is 10.00. The Morgan fingerprint density at radius 3 is 2.28 bits per heavy atom. The fourth-order valence-corrected chi connectivity index (χ4v) is 4.29. The molecule has 2 fully saturated rings. The van der Waals surface area contributed by atoms with Crippen molar-refractivity contribution in [3.8, 4) is 5.75 Å². The first kappa shape index (κ1) is 18.3. The molecule has 1 aromatic carbocycles. The van der Waals surface area contributed by atoms with Gasteiger partial charge in [-0.2, -0.15) is 0 Å². The monoisotopic (exact) mass is 365 g/mol. The minimum absolute atomic E-state index is 0.308. The van der Waals surface area contributed by atoms with Crippen molar-refractivity contribution in [1.82, 2.24) is 5.32 Å². The number of nitrogens with two attached hydrogens (primary N) is 1. The summed E-state index contributed by atoms with van der Waals surface area (Å²) in [5, 5.41) is 7.84. The van der Waals surface area contributed by atoms with Crippen LogP contribution in [0.3, 0.4) is 0 Å². The van der Waals surface area contributed by atoms with Gasteiger partial charge in [0.05, 0.1) is 23.4 Å². The molecule has 0 aliphatic heterocycles. The highest BCUT2D eigenvalue weighted by Crippen LogP contribution is 2.33. The highest BCUT2D eigenvalue weighted by Gasteiger charge is 2.25. The van der Waals surface area contributed by atoms with Crippen molar-refractivity contribution in [2.24, 2.45) is 5.73 Å². The summed E-state index contributed by atoms with van der Waals surface area (Å²) in [5.74, 6) is -0.0835. The molecule has 0 bridgehead atoms. The SMILES string of the molecule is COc1cc(N[C@H]2CC[C@H](NC3CCCC3)CC2)c(Cl)cc1C(N)=O. The van der Waals surface area contributed by atoms with E-state index in [9.17, 15) is 4.79 Å². The zero-order valence-corrected chi connectivity index (χ0v) is 15.6. The van der Waals surface area contributed by atoms with E-state index in [-0.39, 0.29) is 0 Å². The Hall–Kier alpha value is -1.46. The predicted molar refractivity (Wildman–Crippen MR) is 102 cm³/mol. The molecule has 0 radical (unpaired) electrons. The molecule has 2 aliphatic rings. The number of halogens is 1. The van der Waals surface area contributed by atoms with Gasteiger partial charge in [-0.1, -0.05) is 24.4 Å². The van der Waals surface area contributed by atoms with Crippen LogP contribution in [0.25, 0.3) is 0 Å². The van der Waals surface area contributed by atoms with Gasteiger partial charge in [0.1, 0.15) is 5.75 Å². The minimum Gasteiger partial charge on any atom is -0.496 e. The van der Waals surface area contributed by atoms with Crippen LogP contribution in [0.4, 0.5) is 5.69 Å². The number of rotatable bonds is 6. The number of anilines is 1. The normalized spacial score (nSPS) is 24.2. The van der Waals surface area contributed by atoms with Crippen LogP contribution in [0.5, 0.6) is 5.75 Å². The van der Waals surface area contributed by atoms with Crippen molar-refractivity contribution in [3.05, 3.63) is 22.7 Å². The third-order valence-corrected chi connectivity index (χ3v) is 5.78. The summed E-state index contributed by atoms with van der Waals surface area (Å²) in [6.45, 7) is 0. The quantitative estimate of drug-likeness (QED) is 0.718. The molecule has 0 aromatic heterocycles. The van der Waals surface area contributed by atoms with Gasteiger partial charge in [-0.3, -0.25) is 4.79 Å². The molecule has 1 amide bonds. The Labute approximate surface area is 154 Å². The van der Waals surface area contributed by atoms with Gasteiger partial charge in [-0.05, 0) is 44.6 Å². The van der Waals surface area contributed by atoms with Gasteiger partial charge in [0.15, 0.2) is 0 Å². The largest absolute Gasteiger partial charge is 0.496 e. The number of carbonyl (C=O) groups excluding carboxylic acids is 1. The van der Waals surface area contributed by atoms with Crippen LogP contribution in [0, 0.1) is 0 Å². The van der Waals surface area contributed by atoms with E-state index < -0.39 is 5.91 Å². The highest BCUT2D eigenvalue weighted by atomic mass is 35.5. The molecule has 0 heterocycles. The maximum Gasteiger partial charge on any atom is 0.252 e. The molecule has 0 spiro atoms. The second-order valence-corrected chi connectivity index (χ2v) is 7.64. The van der Waals surface area contributed by atoms with E-state index in [2.05, 4.69) is 10.6 Å². The molecule has 5 nitrogen and oxygen atoms in total. The molecule has 138 valence electrons. The van der Waals surface area contributed by atoms with Crippen LogP contribution in [-0.2, 0) is 0 Å². The van der Waals surface area contributed by atoms with Crippen molar-refractivity contribution in [2.75, 3.05) is 12.4 Å². The lowest BCUT2D eigenvalue weighted by atomic mass is 9.90. The number of nitrogens with one attached hydrogen (secondary N) is 2. The van der Waals surface area contributed by atoms with Crippen molar-refractivity contribution in [2.45, 2.75) is 69.5 Å². The number of hydrogen-bond donors (Lipinski definition) is 3. The summed E-state index contributed by atoms with van der Waals surface area (Å²) < 4.78 is 5.27. The molecule has 2 aliphatic carbocycles. The smallest absolute Gasteiger partial charge is 0.252 e. The van der Waals surface area contributed by atoms with E-state index in [1.165, 1.54) is 45.6 Å².